The summed E-state index contributed by atoms with van der Waals surface area (Å²) in [6, 6.07) is 3.18. The fourth-order valence-corrected chi connectivity index (χ4v) is 1.89. The van der Waals surface area contributed by atoms with E-state index in [2.05, 4.69) is 24.1 Å². The Hall–Kier alpha value is -1.42. The quantitative estimate of drug-likeness (QED) is 0.861. The van der Waals surface area contributed by atoms with Crippen molar-refractivity contribution in [2.45, 2.75) is 26.3 Å². The molecule has 2 aromatic heterocycles. The number of nitrogens with zero attached hydrogens (tertiary/aromatic N) is 2. The summed E-state index contributed by atoms with van der Waals surface area (Å²) in [5, 5.41) is 3.01. The predicted molar refractivity (Wildman–Crippen MR) is 62.0 cm³/mol. The number of aromatic nitrogens is 2. The summed E-state index contributed by atoms with van der Waals surface area (Å²) >= 11 is 0. The minimum atomic E-state index is -0.216. The Labute approximate surface area is 94.3 Å². The minimum absolute atomic E-state index is 0.216. The lowest BCUT2D eigenvalue weighted by Crippen LogP contribution is -2.06. The molecule has 3 nitrogen and oxygen atoms in total. The molecule has 0 fully saturated rings. The maximum atomic E-state index is 13.8. The van der Waals surface area contributed by atoms with E-state index < -0.39 is 0 Å². The molecule has 0 aliphatic rings. The van der Waals surface area contributed by atoms with Crippen LogP contribution >= 0.6 is 0 Å². The predicted octanol–water partition coefficient (Wildman–Crippen LogP) is 2.32. The Morgan fingerprint density at radius 3 is 2.88 bits per heavy atom. The van der Waals surface area contributed by atoms with Crippen molar-refractivity contribution in [3.63, 3.8) is 0 Å². The lowest BCUT2D eigenvalue weighted by atomic mass is 10.2. The molecule has 0 aromatic carbocycles. The van der Waals surface area contributed by atoms with Gasteiger partial charge in [-0.3, -0.25) is 0 Å². The van der Waals surface area contributed by atoms with Gasteiger partial charge in [0.2, 0.25) is 0 Å². The van der Waals surface area contributed by atoms with Gasteiger partial charge >= 0.3 is 0 Å². The number of hydrogen-bond donors (Lipinski definition) is 1. The van der Waals surface area contributed by atoms with E-state index in [1.54, 1.807) is 6.07 Å². The van der Waals surface area contributed by atoms with Gasteiger partial charge in [-0.1, -0.05) is 13.8 Å². The summed E-state index contributed by atoms with van der Waals surface area (Å²) < 4.78 is 15.6. The fourth-order valence-electron chi connectivity index (χ4n) is 1.89. The topological polar surface area (TPSA) is 29.3 Å². The van der Waals surface area contributed by atoms with Crippen LogP contribution in [-0.4, -0.2) is 16.4 Å². The highest BCUT2D eigenvalue weighted by Crippen LogP contribution is 2.21. The molecule has 1 N–H and O–H groups in total. The normalized spacial score (nSPS) is 11.6. The van der Waals surface area contributed by atoms with Crippen LogP contribution in [0, 0.1) is 5.82 Å². The monoisotopic (exact) mass is 221 g/mol. The molecule has 2 aromatic rings. The molecule has 2 heterocycles. The standard InChI is InChI=1S/C12H16FN3/c1-8(2)12-15-10(7-14-3)11-9(13)5-4-6-16(11)12/h4-6,8,14H,7H2,1-3H3. The van der Waals surface area contributed by atoms with Crippen molar-refractivity contribution in [3.8, 4) is 0 Å². The second-order valence-corrected chi connectivity index (χ2v) is 4.18. The summed E-state index contributed by atoms with van der Waals surface area (Å²) in [7, 11) is 1.83. The lowest BCUT2D eigenvalue weighted by molar-refractivity contribution is 0.629. The molecule has 0 radical (unpaired) electrons. The largest absolute Gasteiger partial charge is 0.314 e. The van der Waals surface area contributed by atoms with Crippen LogP contribution in [0.15, 0.2) is 18.3 Å². The van der Waals surface area contributed by atoms with Crippen molar-refractivity contribution in [3.05, 3.63) is 35.7 Å². The van der Waals surface area contributed by atoms with Crippen molar-refractivity contribution in [1.82, 2.24) is 14.7 Å². The molecular weight excluding hydrogens is 205 g/mol. The number of nitrogens with one attached hydrogen (secondary N) is 1. The van der Waals surface area contributed by atoms with Gasteiger partial charge in [-0.2, -0.15) is 0 Å². The number of hydrogen-bond acceptors (Lipinski definition) is 2. The Morgan fingerprint density at radius 2 is 2.25 bits per heavy atom. The number of pyridine rings is 1. The first-order valence-corrected chi connectivity index (χ1v) is 5.45. The molecule has 86 valence electrons. The highest BCUT2D eigenvalue weighted by molar-refractivity contribution is 5.54. The molecule has 0 atom stereocenters. The zero-order chi connectivity index (χ0) is 11.7. The molecule has 0 bridgehead atoms. The highest BCUT2D eigenvalue weighted by atomic mass is 19.1. The molecule has 4 heteroatoms. The molecule has 0 saturated carbocycles. The van der Waals surface area contributed by atoms with Gasteiger partial charge in [-0.15, -0.1) is 0 Å². The van der Waals surface area contributed by atoms with E-state index >= 15 is 0 Å². The van der Waals surface area contributed by atoms with Gasteiger partial charge in [-0.25, -0.2) is 9.37 Å². The third kappa shape index (κ3) is 1.69. The van der Waals surface area contributed by atoms with Gasteiger partial charge in [-0.05, 0) is 19.2 Å². The van der Waals surface area contributed by atoms with Crippen molar-refractivity contribution in [2.24, 2.45) is 0 Å². The average Bonchev–Trinajstić information content (AvgIpc) is 2.59. The summed E-state index contributed by atoms with van der Waals surface area (Å²) in [5.41, 5.74) is 1.35. The second kappa shape index (κ2) is 4.22. The summed E-state index contributed by atoms with van der Waals surface area (Å²) in [5.74, 6) is 0.965. The van der Waals surface area contributed by atoms with Crippen LogP contribution in [0.3, 0.4) is 0 Å². The zero-order valence-corrected chi connectivity index (χ0v) is 9.79. The zero-order valence-electron chi connectivity index (χ0n) is 9.79. The molecule has 0 aliphatic heterocycles. The molecule has 0 unspecified atom stereocenters. The lowest BCUT2D eigenvalue weighted by Gasteiger charge is -2.03. The van der Waals surface area contributed by atoms with E-state index in [1.807, 2.05) is 17.6 Å². The number of imidazole rings is 1. The van der Waals surface area contributed by atoms with Gasteiger partial charge in [0.1, 0.15) is 17.2 Å². The third-order valence-corrected chi connectivity index (χ3v) is 2.58. The van der Waals surface area contributed by atoms with Crippen molar-refractivity contribution in [2.75, 3.05) is 7.05 Å². The van der Waals surface area contributed by atoms with Crippen LogP contribution in [0.2, 0.25) is 0 Å². The van der Waals surface area contributed by atoms with Crippen LogP contribution in [0.4, 0.5) is 4.39 Å². The molecular formula is C12H16FN3. The molecule has 16 heavy (non-hydrogen) atoms. The van der Waals surface area contributed by atoms with E-state index in [4.69, 9.17) is 0 Å². The first-order valence-electron chi connectivity index (χ1n) is 5.45. The SMILES string of the molecule is CNCc1nc(C(C)C)n2cccc(F)c12. The van der Waals surface area contributed by atoms with Crippen LogP contribution in [0.25, 0.3) is 5.52 Å². The Morgan fingerprint density at radius 1 is 1.50 bits per heavy atom. The smallest absolute Gasteiger partial charge is 0.149 e. The first-order chi connectivity index (χ1) is 7.65. The minimum Gasteiger partial charge on any atom is -0.314 e. The van der Waals surface area contributed by atoms with Gasteiger partial charge < -0.3 is 9.72 Å². The molecule has 0 saturated heterocycles. The Kier molecular flexibility index (Phi) is 2.92. The van der Waals surface area contributed by atoms with Crippen LogP contribution in [-0.2, 0) is 6.54 Å². The van der Waals surface area contributed by atoms with E-state index in [0.29, 0.717) is 12.1 Å². The summed E-state index contributed by atoms with van der Waals surface area (Å²) in [6.07, 6.45) is 1.86. The van der Waals surface area contributed by atoms with Crippen LogP contribution in [0.5, 0.6) is 0 Å². The number of halogens is 1. The third-order valence-electron chi connectivity index (χ3n) is 2.58. The van der Waals surface area contributed by atoms with Crippen LogP contribution in [0.1, 0.15) is 31.3 Å². The molecule has 2 rings (SSSR count). The van der Waals surface area contributed by atoms with Crippen molar-refractivity contribution in [1.29, 1.82) is 0 Å². The average molecular weight is 221 g/mol. The highest BCUT2D eigenvalue weighted by Gasteiger charge is 2.15. The Balaban J connectivity index is 2.71. The van der Waals surface area contributed by atoms with E-state index in [1.165, 1.54) is 6.07 Å². The maximum absolute atomic E-state index is 13.8. The molecule has 0 spiro atoms. The van der Waals surface area contributed by atoms with Gasteiger partial charge in [0, 0.05) is 18.7 Å². The summed E-state index contributed by atoms with van der Waals surface area (Å²) in [6.45, 7) is 4.70. The number of rotatable bonds is 3. The van der Waals surface area contributed by atoms with Crippen molar-refractivity contribution >= 4 is 5.52 Å². The molecule has 0 amide bonds. The van der Waals surface area contributed by atoms with Gasteiger partial charge in [0.05, 0.1) is 5.69 Å². The van der Waals surface area contributed by atoms with E-state index in [-0.39, 0.29) is 11.7 Å². The Bertz CT molecular complexity index is 502. The van der Waals surface area contributed by atoms with E-state index in [0.717, 1.165) is 11.5 Å². The van der Waals surface area contributed by atoms with E-state index in [9.17, 15) is 4.39 Å². The second-order valence-electron chi connectivity index (χ2n) is 4.18. The maximum Gasteiger partial charge on any atom is 0.149 e. The summed E-state index contributed by atoms with van der Waals surface area (Å²) in [4.78, 5) is 4.50. The van der Waals surface area contributed by atoms with Crippen molar-refractivity contribution < 1.29 is 4.39 Å². The fraction of sp³-hybridized carbons (Fsp3) is 0.417. The first kappa shape index (κ1) is 11.1. The van der Waals surface area contributed by atoms with Gasteiger partial charge in [0.15, 0.2) is 0 Å². The number of fused-ring (bicyclic) bond motifs is 1. The van der Waals surface area contributed by atoms with Gasteiger partial charge in [0.25, 0.3) is 0 Å². The molecule has 0 aliphatic carbocycles. The van der Waals surface area contributed by atoms with Crippen LogP contribution < -0.4 is 5.32 Å².